The Morgan fingerprint density at radius 1 is 0.785 bits per heavy atom. The molecular formula is C50H69N7O8. The number of ether oxygens (including phenoxy) is 1. The number of alkyl carbamates (subject to hydrolysis) is 1. The summed E-state index contributed by atoms with van der Waals surface area (Å²) in [6, 6.07) is 8.35. The van der Waals surface area contributed by atoms with Crippen molar-refractivity contribution in [3.05, 3.63) is 35.9 Å². The molecule has 15 nitrogen and oxygen atoms in total. The van der Waals surface area contributed by atoms with Crippen molar-refractivity contribution in [1.82, 2.24) is 20.4 Å². The largest absolute Gasteiger partial charge is 0.444 e. The number of fused-ring (bicyclic) bond motifs is 2. The maximum atomic E-state index is 14.4. The molecule has 65 heavy (non-hydrogen) atoms. The first kappa shape index (κ1) is 44.6. The Kier molecular flexibility index (Phi) is 10.7. The predicted octanol–water partition coefficient (Wildman–Crippen LogP) is 3.29. The first-order chi connectivity index (χ1) is 30.7. The highest BCUT2D eigenvalue weighted by Crippen LogP contribution is 2.65. The number of aliphatic hydroxyl groups is 2. The van der Waals surface area contributed by atoms with E-state index in [-0.39, 0.29) is 35.5 Å². The van der Waals surface area contributed by atoms with Crippen LogP contribution in [-0.4, -0.2) is 110 Å². The quantitative estimate of drug-likeness (QED) is 0.200. The summed E-state index contributed by atoms with van der Waals surface area (Å²) in [4.78, 5) is 69.6. The average molecular weight is 896 g/mol. The molecule has 8 N–H and O–H groups in total. The number of amides is 5. The van der Waals surface area contributed by atoms with Crippen LogP contribution in [0.2, 0.25) is 0 Å². The van der Waals surface area contributed by atoms with E-state index < -0.39 is 70.3 Å². The number of rotatable bonds is 10. The minimum absolute atomic E-state index is 0.114. The van der Waals surface area contributed by atoms with Crippen LogP contribution in [0.4, 0.5) is 4.79 Å². The summed E-state index contributed by atoms with van der Waals surface area (Å²) in [6.45, 7) is 6.44. The summed E-state index contributed by atoms with van der Waals surface area (Å²) in [5, 5.41) is 38.2. The third kappa shape index (κ3) is 8.32. The maximum absolute atomic E-state index is 14.4. The van der Waals surface area contributed by atoms with Gasteiger partial charge in [0.1, 0.15) is 29.8 Å². The van der Waals surface area contributed by atoms with Gasteiger partial charge >= 0.3 is 6.09 Å². The number of hydrogen-bond acceptors (Lipinski definition) is 10. The number of piperidine rings is 2. The third-order valence-corrected chi connectivity index (χ3v) is 17.8. The SMILES string of the molecule is CC(C)(C)OC(=O)NC(Cc1ccccc1)C(=O)NC(C(=O)N1CC2CC2C1C#N)C12CC3CC(CC(O)(C3)C1)C2.NC(=O)C1C2CC2CN1C(=O)C(N)C12CC3CC(CC(O)(C3)C1)C2. The van der Waals surface area contributed by atoms with E-state index in [4.69, 9.17) is 16.2 Å². The Hall–Kier alpha value is -4.26. The standard InChI is InChI=1S/C32H42N4O5.C18H27N3O3/c1-30(2,3)41-29(39)34-24(10-19-7-5-4-6-8-19)27(37)35-26(28(38)36-17-22-11-23(22)25(36)16-33)31-12-20-9-21(13-31)15-32(40,14-20)18-31;19-14(16(23)21-7-11-2-12(11)13(21)15(20)22)17-3-9-1-10(4-17)6-18(24,5-9)8-17/h4-8,20-26,40H,9-15,17-18H2,1-3H3,(H,34,39)(H,35,37);9-14,24H,1-8,19H2,(H2,20,22). The second-order valence-electron chi connectivity index (χ2n) is 24.1. The lowest BCUT2D eigenvalue weighted by Gasteiger charge is -2.62. The normalized spacial score (nSPS) is 42.0. The summed E-state index contributed by atoms with van der Waals surface area (Å²) in [5.41, 5.74) is 9.88. The van der Waals surface area contributed by atoms with Crippen molar-refractivity contribution < 1.29 is 38.9 Å². The van der Waals surface area contributed by atoms with Crippen LogP contribution in [-0.2, 0) is 30.3 Å². The highest BCUT2D eigenvalue weighted by Gasteiger charge is 2.65. The maximum Gasteiger partial charge on any atom is 0.408 e. The van der Waals surface area contributed by atoms with Crippen molar-refractivity contribution in [2.75, 3.05) is 13.1 Å². The summed E-state index contributed by atoms with van der Waals surface area (Å²) < 4.78 is 5.47. The number of carbonyl (C=O) groups is 5. The Balaban J connectivity index is 0.000000175. The van der Waals surface area contributed by atoms with Gasteiger partial charge in [0.2, 0.25) is 23.6 Å². The molecule has 2 saturated heterocycles. The van der Waals surface area contributed by atoms with Gasteiger partial charge in [-0.3, -0.25) is 19.2 Å². The lowest BCUT2D eigenvalue weighted by molar-refractivity contribution is -0.182. The topological polar surface area (TPSA) is 241 Å². The molecule has 1 aromatic rings. The van der Waals surface area contributed by atoms with E-state index in [1.54, 1.807) is 30.6 Å². The van der Waals surface area contributed by atoms with E-state index in [1.807, 2.05) is 30.3 Å². The van der Waals surface area contributed by atoms with Gasteiger partial charge in [-0.1, -0.05) is 30.3 Å². The number of nitriles is 1. The third-order valence-electron chi connectivity index (χ3n) is 17.8. The number of carbonyl (C=O) groups excluding carboxylic acids is 5. The van der Waals surface area contributed by atoms with Gasteiger partial charge in [0.05, 0.1) is 23.3 Å². The Morgan fingerprint density at radius 2 is 1.32 bits per heavy atom. The molecule has 1 aromatic carbocycles. The second kappa shape index (κ2) is 15.7. The number of nitrogens with zero attached hydrogens (tertiary/aromatic N) is 3. The highest BCUT2D eigenvalue weighted by atomic mass is 16.6. The van der Waals surface area contributed by atoms with Crippen LogP contribution in [0.25, 0.3) is 0 Å². The Bertz CT molecular complexity index is 2130. The van der Waals surface area contributed by atoms with Gasteiger partial charge < -0.3 is 46.9 Å². The fraction of sp³-hybridized carbons (Fsp3) is 0.760. The molecule has 2 heterocycles. The molecule has 8 bridgehead atoms. The van der Waals surface area contributed by atoms with Crippen LogP contribution in [0.1, 0.15) is 116 Å². The van der Waals surface area contributed by atoms with Crippen molar-refractivity contribution in [3.63, 3.8) is 0 Å². The van der Waals surface area contributed by atoms with Crippen molar-refractivity contribution in [1.29, 1.82) is 5.26 Å². The van der Waals surface area contributed by atoms with E-state index in [1.165, 1.54) is 6.42 Å². The summed E-state index contributed by atoms with van der Waals surface area (Å²) in [7, 11) is 0. The van der Waals surface area contributed by atoms with Crippen molar-refractivity contribution >= 4 is 29.7 Å². The monoisotopic (exact) mass is 896 g/mol. The van der Waals surface area contributed by atoms with Gasteiger partial charge in [0.25, 0.3) is 0 Å². The first-order valence-electron chi connectivity index (χ1n) is 24.5. The lowest BCUT2D eigenvalue weighted by atomic mass is 9.46. The van der Waals surface area contributed by atoms with E-state index in [2.05, 4.69) is 16.7 Å². The van der Waals surface area contributed by atoms with E-state index in [0.717, 1.165) is 76.2 Å². The van der Waals surface area contributed by atoms with Gasteiger partial charge in [-0.05, 0) is 169 Å². The summed E-state index contributed by atoms with van der Waals surface area (Å²) >= 11 is 0. The molecule has 15 heteroatoms. The van der Waals surface area contributed by atoms with Crippen LogP contribution in [0.15, 0.2) is 30.3 Å². The zero-order valence-corrected chi connectivity index (χ0v) is 38.3. The zero-order chi connectivity index (χ0) is 46.0. The molecule has 0 spiro atoms. The molecule has 13 rings (SSSR count). The van der Waals surface area contributed by atoms with Gasteiger partial charge in [-0.15, -0.1) is 0 Å². The Labute approximate surface area is 382 Å². The van der Waals surface area contributed by atoms with Crippen LogP contribution in [0.3, 0.4) is 0 Å². The van der Waals surface area contributed by atoms with Crippen LogP contribution in [0.5, 0.6) is 0 Å². The fourth-order valence-electron chi connectivity index (χ4n) is 16.0. The summed E-state index contributed by atoms with van der Waals surface area (Å²) in [6.07, 6.45) is 11.4. The summed E-state index contributed by atoms with van der Waals surface area (Å²) in [5.74, 6) is 1.65. The second-order valence-corrected chi connectivity index (χ2v) is 24.1. The van der Waals surface area contributed by atoms with E-state index in [9.17, 15) is 39.4 Å². The fourth-order valence-corrected chi connectivity index (χ4v) is 16.0. The zero-order valence-electron chi connectivity index (χ0n) is 38.3. The minimum Gasteiger partial charge on any atom is -0.444 e. The number of benzene rings is 1. The Morgan fingerprint density at radius 3 is 1.88 bits per heavy atom. The van der Waals surface area contributed by atoms with Gasteiger partial charge in [-0.25, -0.2) is 4.79 Å². The molecule has 0 aromatic heterocycles. The number of hydrogen-bond donors (Lipinski definition) is 6. The molecule has 12 aliphatic rings. The molecule has 10 aliphatic carbocycles. The molecule has 2 aliphatic heterocycles. The van der Waals surface area contributed by atoms with E-state index >= 15 is 0 Å². The first-order valence-corrected chi connectivity index (χ1v) is 24.5. The number of likely N-dealkylation sites (tertiary alicyclic amines) is 2. The van der Waals surface area contributed by atoms with Crippen LogP contribution >= 0.6 is 0 Å². The lowest BCUT2D eigenvalue weighted by Crippen LogP contribution is -2.67. The van der Waals surface area contributed by atoms with Gasteiger partial charge in [0.15, 0.2) is 0 Å². The predicted molar refractivity (Wildman–Crippen MR) is 236 cm³/mol. The number of primary amides is 1. The average Bonchev–Trinajstić information content (AvgIpc) is 4.09. The molecule has 5 amide bonds. The number of nitrogens with two attached hydrogens (primary N) is 2. The number of nitrogens with one attached hydrogen (secondary N) is 2. The highest BCUT2D eigenvalue weighted by molar-refractivity contribution is 5.93. The smallest absolute Gasteiger partial charge is 0.408 e. The molecule has 352 valence electrons. The van der Waals surface area contributed by atoms with Gasteiger partial charge in [0, 0.05) is 24.9 Å². The molecule has 0 radical (unpaired) electrons. The van der Waals surface area contributed by atoms with Crippen LogP contribution in [0, 0.1) is 69.5 Å². The van der Waals surface area contributed by atoms with Gasteiger partial charge in [-0.2, -0.15) is 5.26 Å². The van der Waals surface area contributed by atoms with Crippen molar-refractivity contribution in [3.8, 4) is 6.07 Å². The molecule has 10 saturated carbocycles. The minimum atomic E-state index is -0.974. The van der Waals surface area contributed by atoms with E-state index in [0.29, 0.717) is 61.4 Å². The van der Waals surface area contributed by atoms with Crippen LogP contribution < -0.4 is 22.1 Å². The molecule has 13 unspecified atom stereocenters. The van der Waals surface area contributed by atoms with Crippen molar-refractivity contribution in [2.45, 2.75) is 164 Å². The molecule has 13 atom stereocenters. The van der Waals surface area contributed by atoms with Crippen molar-refractivity contribution in [2.24, 2.45) is 69.6 Å². The molecule has 12 fully saturated rings. The molecular weight excluding hydrogens is 827 g/mol.